The van der Waals surface area contributed by atoms with E-state index in [4.69, 9.17) is 4.98 Å². The lowest BCUT2D eigenvalue weighted by atomic mass is 9.88. The monoisotopic (exact) mass is 453 g/mol. The Morgan fingerprint density at radius 1 is 1.25 bits per heavy atom. The molecule has 2 amide bonds. The van der Waals surface area contributed by atoms with Gasteiger partial charge in [-0.2, -0.15) is 0 Å². The molecule has 1 fully saturated rings. The summed E-state index contributed by atoms with van der Waals surface area (Å²) in [5.74, 6) is -0.120. The Morgan fingerprint density at radius 2 is 1.97 bits per heavy atom. The Kier molecular flexibility index (Phi) is 6.07. The van der Waals surface area contributed by atoms with Crippen LogP contribution in [-0.2, 0) is 0 Å². The zero-order chi connectivity index (χ0) is 23.0. The molecule has 1 aliphatic rings. The maximum absolute atomic E-state index is 12.9. The van der Waals surface area contributed by atoms with Crippen molar-refractivity contribution in [2.45, 2.75) is 65.5 Å². The summed E-state index contributed by atoms with van der Waals surface area (Å²) < 4.78 is 0. The van der Waals surface area contributed by atoms with Crippen LogP contribution >= 0.6 is 11.3 Å². The summed E-state index contributed by atoms with van der Waals surface area (Å²) in [6.07, 6.45) is 7.87. The molecule has 3 heterocycles. The van der Waals surface area contributed by atoms with E-state index in [0.717, 1.165) is 17.7 Å². The van der Waals surface area contributed by atoms with Gasteiger partial charge in [-0.1, -0.05) is 33.6 Å². The second-order valence-corrected chi connectivity index (χ2v) is 10.8. The largest absolute Gasteiger partial charge is 0.349 e. The first-order chi connectivity index (χ1) is 15.1. The average molecular weight is 454 g/mol. The number of H-pyrrole nitrogens is 1. The number of nitrogens with one attached hydrogen (secondary N) is 2. The maximum Gasteiger partial charge on any atom is 0.263 e. The van der Waals surface area contributed by atoms with Crippen molar-refractivity contribution in [3.63, 3.8) is 0 Å². The van der Waals surface area contributed by atoms with Crippen LogP contribution in [0.15, 0.2) is 24.5 Å². The number of hydrogen-bond acceptors (Lipinski definition) is 5. The lowest BCUT2D eigenvalue weighted by molar-refractivity contribution is 0.0739. The van der Waals surface area contributed by atoms with Crippen LogP contribution in [0.2, 0.25) is 0 Å². The van der Waals surface area contributed by atoms with E-state index >= 15 is 0 Å². The molecule has 1 aliphatic carbocycles. The SMILES string of the molecule is C[C@H](NC(=O)c1c[nH]c2ncc(-c3ccc(C(=O)N(C)C4CCCC4)s3)nc12)C(C)(C)C. The van der Waals surface area contributed by atoms with E-state index in [1.165, 1.54) is 24.2 Å². The fourth-order valence-electron chi connectivity index (χ4n) is 3.90. The highest BCUT2D eigenvalue weighted by atomic mass is 32.1. The molecule has 170 valence electrons. The molecule has 32 heavy (non-hydrogen) atoms. The fraction of sp³-hybridized carbons (Fsp3) is 0.500. The van der Waals surface area contributed by atoms with Crippen molar-refractivity contribution in [1.29, 1.82) is 0 Å². The molecular weight excluding hydrogens is 422 g/mol. The Bertz CT molecular complexity index is 1140. The van der Waals surface area contributed by atoms with Crippen LogP contribution in [0, 0.1) is 5.41 Å². The lowest BCUT2D eigenvalue weighted by Crippen LogP contribution is -2.41. The molecule has 0 spiro atoms. The molecule has 3 aromatic rings. The minimum absolute atomic E-state index is 0.00110. The summed E-state index contributed by atoms with van der Waals surface area (Å²) in [6, 6.07) is 4.10. The summed E-state index contributed by atoms with van der Waals surface area (Å²) >= 11 is 1.42. The van der Waals surface area contributed by atoms with Gasteiger partial charge in [-0.05, 0) is 37.3 Å². The molecule has 0 aliphatic heterocycles. The van der Waals surface area contributed by atoms with Gasteiger partial charge in [0.2, 0.25) is 0 Å². The molecule has 4 rings (SSSR count). The van der Waals surface area contributed by atoms with Crippen molar-refractivity contribution in [3.05, 3.63) is 35.0 Å². The highest BCUT2D eigenvalue weighted by molar-refractivity contribution is 7.17. The van der Waals surface area contributed by atoms with E-state index in [1.54, 1.807) is 12.4 Å². The van der Waals surface area contributed by atoms with Crippen LogP contribution in [0.4, 0.5) is 0 Å². The summed E-state index contributed by atoms with van der Waals surface area (Å²) in [7, 11) is 1.90. The van der Waals surface area contributed by atoms with Crippen molar-refractivity contribution >= 4 is 34.3 Å². The molecule has 0 unspecified atom stereocenters. The van der Waals surface area contributed by atoms with E-state index in [1.807, 2.05) is 31.0 Å². The number of thiophene rings is 1. The predicted molar refractivity (Wildman–Crippen MR) is 128 cm³/mol. The molecule has 0 bridgehead atoms. The zero-order valence-corrected chi connectivity index (χ0v) is 20.2. The first kappa shape index (κ1) is 22.5. The number of amides is 2. The van der Waals surface area contributed by atoms with Gasteiger partial charge in [0, 0.05) is 25.3 Å². The molecule has 0 saturated heterocycles. The Hall–Kier alpha value is -2.74. The van der Waals surface area contributed by atoms with Crippen molar-refractivity contribution in [3.8, 4) is 10.6 Å². The molecule has 3 aromatic heterocycles. The quantitative estimate of drug-likeness (QED) is 0.577. The number of aromatic amines is 1. The number of carbonyl (C=O) groups is 2. The van der Waals surface area contributed by atoms with Gasteiger partial charge in [-0.25, -0.2) is 9.97 Å². The number of hydrogen-bond donors (Lipinski definition) is 2. The summed E-state index contributed by atoms with van der Waals surface area (Å²) in [6.45, 7) is 8.26. The molecule has 2 N–H and O–H groups in total. The first-order valence-electron chi connectivity index (χ1n) is 11.2. The van der Waals surface area contributed by atoms with Crippen molar-refractivity contribution in [1.82, 2.24) is 25.2 Å². The standard InChI is InChI=1S/C24H31N5O2S/c1-14(24(2,3)4)27-22(30)16-12-25-21-20(16)28-17(13-26-21)18-10-11-19(32-18)23(31)29(5)15-8-6-7-9-15/h10-15H,6-9H2,1-5H3,(H,25,26)(H,27,30)/t14-/m0/s1. The number of carbonyl (C=O) groups excluding carboxylic acids is 2. The van der Waals surface area contributed by atoms with E-state index in [0.29, 0.717) is 33.3 Å². The Balaban J connectivity index is 1.57. The third-order valence-corrected chi connectivity index (χ3v) is 7.63. The van der Waals surface area contributed by atoms with Crippen LogP contribution in [0.5, 0.6) is 0 Å². The number of aromatic nitrogens is 3. The van der Waals surface area contributed by atoms with E-state index < -0.39 is 0 Å². The van der Waals surface area contributed by atoms with Crippen molar-refractivity contribution < 1.29 is 9.59 Å². The van der Waals surface area contributed by atoms with Crippen LogP contribution < -0.4 is 5.32 Å². The van der Waals surface area contributed by atoms with Gasteiger partial charge in [0.1, 0.15) is 5.52 Å². The minimum atomic E-state index is -0.176. The van der Waals surface area contributed by atoms with E-state index in [-0.39, 0.29) is 23.3 Å². The normalized spacial score (nSPS) is 15.8. The highest BCUT2D eigenvalue weighted by Crippen LogP contribution is 2.30. The lowest BCUT2D eigenvalue weighted by Gasteiger charge is -2.27. The summed E-state index contributed by atoms with van der Waals surface area (Å²) in [5.41, 5.74) is 2.17. The van der Waals surface area contributed by atoms with Crippen LogP contribution in [-0.4, -0.2) is 50.8 Å². The average Bonchev–Trinajstić information content (AvgIpc) is 3.51. The fourth-order valence-corrected chi connectivity index (χ4v) is 4.84. The van der Waals surface area contributed by atoms with Gasteiger partial charge < -0.3 is 15.2 Å². The number of nitrogens with zero attached hydrogens (tertiary/aromatic N) is 3. The first-order valence-corrected chi connectivity index (χ1v) is 12.0. The van der Waals surface area contributed by atoms with Gasteiger partial charge >= 0.3 is 0 Å². The minimum Gasteiger partial charge on any atom is -0.349 e. The van der Waals surface area contributed by atoms with Gasteiger partial charge in [-0.15, -0.1) is 11.3 Å². The molecule has 7 nitrogen and oxygen atoms in total. The highest BCUT2D eigenvalue weighted by Gasteiger charge is 2.26. The second-order valence-electron chi connectivity index (χ2n) is 9.73. The third-order valence-electron chi connectivity index (χ3n) is 6.53. The van der Waals surface area contributed by atoms with Gasteiger partial charge in [-0.3, -0.25) is 9.59 Å². The molecule has 0 aromatic carbocycles. The molecule has 1 saturated carbocycles. The van der Waals surface area contributed by atoms with Gasteiger partial charge in [0.15, 0.2) is 5.65 Å². The summed E-state index contributed by atoms with van der Waals surface area (Å²) in [4.78, 5) is 41.4. The molecule has 0 radical (unpaired) electrons. The van der Waals surface area contributed by atoms with Crippen molar-refractivity contribution in [2.75, 3.05) is 7.05 Å². The van der Waals surface area contributed by atoms with Gasteiger partial charge in [0.05, 0.1) is 27.2 Å². The summed E-state index contributed by atoms with van der Waals surface area (Å²) in [5, 5.41) is 3.06. The maximum atomic E-state index is 12.9. The molecule has 8 heteroatoms. The van der Waals surface area contributed by atoms with Gasteiger partial charge in [0.25, 0.3) is 11.8 Å². The van der Waals surface area contributed by atoms with E-state index in [9.17, 15) is 9.59 Å². The number of fused-ring (bicyclic) bond motifs is 1. The van der Waals surface area contributed by atoms with Crippen molar-refractivity contribution in [2.24, 2.45) is 5.41 Å². The topological polar surface area (TPSA) is 91.0 Å². The Morgan fingerprint density at radius 3 is 2.66 bits per heavy atom. The Labute approximate surface area is 192 Å². The third kappa shape index (κ3) is 4.41. The van der Waals surface area contributed by atoms with Crippen LogP contribution in [0.1, 0.15) is 73.4 Å². The van der Waals surface area contributed by atoms with Crippen LogP contribution in [0.25, 0.3) is 21.7 Å². The molecular formula is C24H31N5O2S. The number of rotatable bonds is 5. The predicted octanol–water partition coefficient (Wildman–Crippen LogP) is 4.87. The van der Waals surface area contributed by atoms with Crippen LogP contribution in [0.3, 0.4) is 0 Å². The zero-order valence-electron chi connectivity index (χ0n) is 19.4. The second kappa shape index (κ2) is 8.65. The van der Waals surface area contributed by atoms with E-state index in [2.05, 4.69) is 36.1 Å². The smallest absolute Gasteiger partial charge is 0.263 e. The molecule has 1 atom stereocenters.